The zero-order valence-corrected chi connectivity index (χ0v) is 18.6. The second kappa shape index (κ2) is 16.5. The van der Waals surface area contributed by atoms with E-state index in [1.54, 1.807) is 0 Å². The molecule has 0 unspecified atom stereocenters. The third-order valence-corrected chi connectivity index (χ3v) is 3.56. The molecule has 0 bridgehead atoms. The molecule has 1 radical (unpaired) electrons. The SMILES string of the molecule is C.C.C.CC(C)NCON1CC(F)(F)C1.CC(C)c1cccc(Br)c1.[Y]. The molecule has 0 spiro atoms. The van der Waals surface area contributed by atoms with E-state index >= 15 is 0 Å². The van der Waals surface area contributed by atoms with Crippen LogP contribution in [0, 0.1) is 0 Å². The maximum atomic E-state index is 12.2. The topological polar surface area (TPSA) is 24.5 Å². The normalized spacial score (nSPS) is 14.5. The van der Waals surface area contributed by atoms with Crippen LogP contribution in [0.3, 0.4) is 0 Å². The Bertz CT molecular complexity index is 455. The maximum Gasteiger partial charge on any atom is 0.277 e. The van der Waals surface area contributed by atoms with Gasteiger partial charge in [-0.05, 0) is 37.5 Å². The second-order valence-electron chi connectivity index (χ2n) is 6.00. The molecule has 1 aliphatic rings. The molecule has 1 aromatic rings. The van der Waals surface area contributed by atoms with Gasteiger partial charge in [0.25, 0.3) is 5.92 Å². The predicted octanol–water partition coefficient (Wildman–Crippen LogP) is 6.30. The van der Waals surface area contributed by atoms with Crippen molar-refractivity contribution in [3.05, 3.63) is 34.3 Å². The van der Waals surface area contributed by atoms with E-state index in [0.717, 1.165) is 0 Å². The van der Waals surface area contributed by atoms with Gasteiger partial charge in [-0.15, -0.1) is 0 Å². The summed E-state index contributed by atoms with van der Waals surface area (Å²) in [6, 6.07) is 8.73. The zero-order chi connectivity index (χ0) is 16.8. The van der Waals surface area contributed by atoms with Crippen molar-refractivity contribution in [2.24, 2.45) is 0 Å². The van der Waals surface area contributed by atoms with Gasteiger partial charge in [0.2, 0.25) is 0 Å². The fourth-order valence-electron chi connectivity index (χ4n) is 1.72. The van der Waals surface area contributed by atoms with Gasteiger partial charge in [0.1, 0.15) is 6.73 Å². The molecule has 2 rings (SSSR count). The van der Waals surface area contributed by atoms with E-state index in [0.29, 0.717) is 18.7 Å². The molecule has 1 N–H and O–H groups in total. The number of hydrogen-bond donors (Lipinski definition) is 1. The van der Waals surface area contributed by atoms with Crippen LogP contribution in [0.2, 0.25) is 0 Å². The Morgan fingerprint density at radius 1 is 1.15 bits per heavy atom. The number of benzene rings is 1. The minimum atomic E-state index is -2.54. The van der Waals surface area contributed by atoms with Crippen LogP contribution >= 0.6 is 15.9 Å². The van der Waals surface area contributed by atoms with Crippen LogP contribution in [-0.4, -0.2) is 36.8 Å². The van der Waals surface area contributed by atoms with Gasteiger partial charge < -0.3 is 0 Å². The van der Waals surface area contributed by atoms with E-state index in [1.807, 2.05) is 19.9 Å². The van der Waals surface area contributed by atoms with Crippen molar-refractivity contribution in [2.75, 3.05) is 19.8 Å². The average molecular weight is 516 g/mol. The summed E-state index contributed by atoms with van der Waals surface area (Å²) in [6.07, 6.45) is 0. The van der Waals surface area contributed by atoms with Gasteiger partial charge in [0.15, 0.2) is 0 Å². The fourth-order valence-corrected chi connectivity index (χ4v) is 2.14. The predicted molar refractivity (Wildman–Crippen MR) is 109 cm³/mol. The molecule has 0 saturated carbocycles. The summed E-state index contributed by atoms with van der Waals surface area (Å²) >= 11 is 3.43. The first kappa shape index (κ1) is 34.1. The molecule has 153 valence electrons. The Morgan fingerprint density at radius 2 is 1.69 bits per heavy atom. The molecule has 1 saturated heterocycles. The minimum absolute atomic E-state index is 0. The number of alkyl halides is 2. The Kier molecular flexibility index (Phi) is 21.6. The Hall–Kier alpha value is 0.544. The molecule has 7 heteroatoms. The molecular formula is C19H37BrF2N2OY. The van der Waals surface area contributed by atoms with Gasteiger partial charge in [0.05, 0.1) is 13.1 Å². The summed E-state index contributed by atoms with van der Waals surface area (Å²) in [5.41, 5.74) is 1.38. The van der Waals surface area contributed by atoms with Crippen LogP contribution in [-0.2, 0) is 37.5 Å². The van der Waals surface area contributed by atoms with Crippen molar-refractivity contribution in [2.45, 2.75) is 67.9 Å². The first-order chi connectivity index (χ1) is 10.2. The molecule has 0 amide bonds. The second-order valence-corrected chi connectivity index (χ2v) is 6.91. The van der Waals surface area contributed by atoms with E-state index < -0.39 is 5.92 Å². The van der Waals surface area contributed by atoms with E-state index in [-0.39, 0.29) is 68.1 Å². The Balaban J connectivity index is -0.000000163. The first-order valence-electron chi connectivity index (χ1n) is 7.44. The number of nitrogens with one attached hydrogen (secondary N) is 1. The van der Waals surface area contributed by atoms with E-state index in [1.165, 1.54) is 15.1 Å². The molecule has 1 aliphatic heterocycles. The Labute approximate surface area is 193 Å². The van der Waals surface area contributed by atoms with E-state index in [2.05, 4.69) is 53.3 Å². The van der Waals surface area contributed by atoms with Gasteiger partial charge >= 0.3 is 0 Å². The van der Waals surface area contributed by atoms with Crippen molar-refractivity contribution >= 4 is 15.9 Å². The fraction of sp³-hybridized carbons (Fsp3) is 0.684. The summed E-state index contributed by atoms with van der Waals surface area (Å²) in [5.74, 6) is -1.92. The quantitative estimate of drug-likeness (QED) is 0.465. The van der Waals surface area contributed by atoms with Crippen molar-refractivity contribution in [1.82, 2.24) is 10.4 Å². The molecule has 0 atom stereocenters. The van der Waals surface area contributed by atoms with Crippen LogP contribution in [0.1, 0.15) is 61.5 Å². The van der Waals surface area contributed by atoms with Crippen LogP contribution < -0.4 is 5.32 Å². The number of halogens is 3. The summed E-state index contributed by atoms with van der Waals surface area (Å²) in [5, 5.41) is 4.22. The number of nitrogens with zero attached hydrogens (tertiary/aromatic N) is 1. The monoisotopic (exact) mass is 515 g/mol. The van der Waals surface area contributed by atoms with Crippen molar-refractivity contribution in [1.29, 1.82) is 0 Å². The summed E-state index contributed by atoms with van der Waals surface area (Å²) < 4.78 is 25.6. The summed E-state index contributed by atoms with van der Waals surface area (Å²) in [4.78, 5) is 4.97. The molecule has 1 fully saturated rings. The van der Waals surface area contributed by atoms with Gasteiger partial charge in [0, 0.05) is 43.2 Å². The molecule has 26 heavy (non-hydrogen) atoms. The van der Waals surface area contributed by atoms with Crippen molar-refractivity contribution in [3.63, 3.8) is 0 Å². The largest absolute Gasteiger partial charge is 0.291 e. The number of rotatable bonds is 5. The average Bonchev–Trinajstić information content (AvgIpc) is 2.36. The van der Waals surface area contributed by atoms with Crippen LogP contribution in [0.15, 0.2) is 28.7 Å². The maximum absolute atomic E-state index is 12.2. The van der Waals surface area contributed by atoms with E-state index in [4.69, 9.17) is 4.84 Å². The van der Waals surface area contributed by atoms with Gasteiger partial charge in [-0.3, -0.25) is 10.2 Å². The van der Waals surface area contributed by atoms with Crippen molar-refractivity contribution in [3.8, 4) is 0 Å². The van der Waals surface area contributed by atoms with Crippen molar-refractivity contribution < 1.29 is 46.3 Å². The molecule has 0 aromatic heterocycles. The van der Waals surface area contributed by atoms with Crippen LogP contribution in [0.4, 0.5) is 8.78 Å². The number of hydrogen-bond acceptors (Lipinski definition) is 3. The molecule has 1 aromatic carbocycles. The van der Waals surface area contributed by atoms with Gasteiger partial charge in [-0.25, -0.2) is 8.78 Å². The zero-order valence-electron chi connectivity index (χ0n) is 14.2. The molecular weight excluding hydrogens is 479 g/mol. The van der Waals surface area contributed by atoms with E-state index in [9.17, 15) is 8.78 Å². The molecule has 0 aliphatic carbocycles. The molecule has 3 nitrogen and oxygen atoms in total. The smallest absolute Gasteiger partial charge is 0.277 e. The third kappa shape index (κ3) is 14.6. The third-order valence-electron chi connectivity index (χ3n) is 3.07. The van der Waals surface area contributed by atoms with Gasteiger partial charge in [-0.2, -0.15) is 5.06 Å². The van der Waals surface area contributed by atoms with Gasteiger partial charge in [-0.1, -0.05) is 64.2 Å². The Morgan fingerprint density at radius 3 is 2.04 bits per heavy atom. The number of hydroxylamine groups is 2. The van der Waals surface area contributed by atoms with Crippen LogP contribution in [0.25, 0.3) is 0 Å². The first-order valence-corrected chi connectivity index (χ1v) is 8.23. The van der Waals surface area contributed by atoms with Crippen LogP contribution in [0.5, 0.6) is 0 Å². The molecule has 1 heterocycles. The summed E-state index contributed by atoms with van der Waals surface area (Å²) in [7, 11) is 0. The summed E-state index contributed by atoms with van der Waals surface area (Å²) in [6.45, 7) is 8.05. The minimum Gasteiger partial charge on any atom is -0.291 e. The standard InChI is InChI=1S/C9H11Br.C7H14F2N2O.3CH4.Y/c1-7(2)8-4-3-5-9(10)6-8;1-6(2)10-5-12-11-3-7(8,9)4-11;;;;/h3-7H,1-2H3;6,10H,3-5H2,1-2H3;3*1H4;.